The molecule has 1 unspecified atom stereocenters. The predicted octanol–water partition coefficient (Wildman–Crippen LogP) is 3.24. The predicted molar refractivity (Wildman–Crippen MR) is 74.6 cm³/mol. The summed E-state index contributed by atoms with van der Waals surface area (Å²) < 4.78 is 5.47. The van der Waals surface area contributed by atoms with Crippen molar-refractivity contribution in [1.29, 1.82) is 0 Å². The smallest absolute Gasteiger partial charge is 0.225 e. The van der Waals surface area contributed by atoms with Crippen LogP contribution in [0.3, 0.4) is 0 Å². The number of fused-ring (bicyclic) bond motifs is 1. The molecule has 0 spiro atoms. The molecule has 18 heavy (non-hydrogen) atoms. The minimum absolute atomic E-state index is 0.295. The van der Waals surface area contributed by atoms with Gasteiger partial charge in [0.25, 0.3) is 0 Å². The van der Waals surface area contributed by atoms with Gasteiger partial charge in [-0.05, 0) is 37.4 Å². The van der Waals surface area contributed by atoms with Gasteiger partial charge in [-0.25, -0.2) is 9.97 Å². The summed E-state index contributed by atoms with van der Waals surface area (Å²) in [5.74, 6) is 0.824. The molecule has 96 valence electrons. The highest BCUT2D eigenvalue weighted by molar-refractivity contribution is 7.18. The Morgan fingerprint density at radius 3 is 3.17 bits per heavy atom. The Bertz CT molecular complexity index is 566. The van der Waals surface area contributed by atoms with Crippen molar-refractivity contribution in [2.24, 2.45) is 0 Å². The van der Waals surface area contributed by atoms with E-state index in [1.165, 1.54) is 4.88 Å². The SMILES string of the molecule is Cc1cc2c(NC3CCCOC3)nc(Cl)nc2s1. The van der Waals surface area contributed by atoms with E-state index in [9.17, 15) is 0 Å². The van der Waals surface area contributed by atoms with Gasteiger partial charge in [0.05, 0.1) is 18.0 Å². The zero-order valence-corrected chi connectivity index (χ0v) is 11.6. The van der Waals surface area contributed by atoms with Gasteiger partial charge in [-0.1, -0.05) is 0 Å². The molecule has 4 nitrogen and oxygen atoms in total. The van der Waals surface area contributed by atoms with Crippen molar-refractivity contribution in [2.75, 3.05) is 18.5 Å². The van der Waals surface area contributed by atoms with Crippen LogP contribution in [0.15, 0.2) is 6.07 Å². The average molecular weight is 284 g/mol. The topological polar surface area (TPSA) is 47.0 Å². The summed E-state index contributed by atoms with van der Waals surface area (Å²) in [6, 6.07) is 2.41. The molecule has 1 aliphatic heterocycles. The third-order valence-electron chi connectivity index (χ3n) is 2.99. The molecule has 1 fully saturated rings. The van der Waals surface area contributed by atoms with Gasteiger partial charge in [0.1, 0.15) is 10.6 Å². The number of aryl methyl sites for hydroxylation is 1. The van der Waals surface area contributed by atoms with Gasteiger partial charge in [-0.3, -0.25) is 0 Å². The summed E-state index contributed by atoms with van der Waals surface area (Å²) in [5.41, 5.74) is 0. The molecule has 1 aliphatic rings. The number of hydrogen-bond acceptors (Lipinski definition) is 5. The summed E-state index contributed by atoms with van der Waals surface area (Å²) in [6.07, 6.45) is 2.19. The number of hydrogen-bond donors (Lipinski definition) is 1. The highest BCUT2D eigenvalue weighted by Crippen LogP contribution is 2.30. The van der Waals surface area contributed by atoms with E-state index in [1.807, 2.05) is 0 Å². The first kappa shape index (κ1) is 12.1. The van der Waals surface area contributed by atoms with Crippen molar-refractivity contribution < 1.29 is 4.74 Å². The zero-order chi connectivity index (χ0) is 12.5. The molecular formula is C12H14ClN3OS. The lowest BCUT2D eigenvalue weighted by Crippen LogP contribution is -2.30. The van der Waals surface area contributed by atoms with Crippen LogP contribution in [0.5, 0.6) is 0 Å². The Morgan fingerprint density at radius 2 is 2.39 bits per heavy atom. The van der Waals surface area contributed by atoms with Crippen LogP contribution in [0.2, 0.25) is 5.28 Å². The molecule has 3 heterocycles. The van der Waals surface area contributed by atoms with Crippen LogP contribution in [0.1, 0.15) is 17.7 Å². The quantitative estimate of drug-likeness (QED) is 0.860. The van der Waals surface area contributed by atoms with Crippen molar-refractivity contribution in [2.45, 2.75) is 25.8 Å². The summed E-state index contributed by atoms with van der Waals surface area (Å²) in [5, 5.41) is 4.77. The number of ether oxygens (including phenoxy) is 1. The van der Waals surface area contributed by atoms with E-state index < -0.39 is 0 Å². The van der Waals surface area contributed by atoms with Crippen LogP contribution < -0.4 is 5.32 Å². The van der Waals surface area contributed by atoms with E-state index in [2.05, 4.69) is 28.3 Å². The molecule has 0 saturated carbocycles. The molecule has 1 saturated heterocycles. The number of anilines is 1. The van der Waals surface area contributed by atoms with Crippen LogP contribution in [0, 0.1) is 6.92 Å². The molecule has 1 atom stereocenters. The molecule has 3 rings (SSSR count). The van der Waals surface area contributed by atoms with Crippen molar-refractivity contribution in [3.63, 3.8) is 0 Å². The van der Waals surface area contributed by atoms with Gasteiger partial charge in [0.15, 0.2) is 0 Å². The van der Waals surface area contributed by atoms with E-state index in [4.69, 9.17) is 16.3 Å². The largest absolute Gasteiger partial charge is 0.379 e. The standard InChI is InChI=1S/C12H14ClN3OS/c1-7-5-9-10(14-8-3-2-4-17-6-8)15-12(13)16-11(9)18-7/h5,8H,2-4,6H2,1H3,(H,14,15,16). The van der Waals surface area contributed by atoms with Crippen LogP contribution in [0.25, 0.3) is 10.2 Å². The molecular weight excluding hydrogens is 270 g/mol. The number of halogens is 1. The summed E-state index contributed by atoms with van der Waals surface area (Å²) >= 11 is 7.60. The summed E-state index contributed by atoms with van der Waals surface area (Å²) in [6.45, 7) is 3.65. The van der Waals surface area contributed by atoms with E-state index >= 15 is 0 Å². The van der Waals surface area contributed by atoms with Crippen LogP contribution in [-0.2, 0) is 4.74 Å². The van der Waals surface area contributed by atoms with Gasteiger partial charge in [0, 0.05) is 11.5 Å². The van der Waals surface area contributed by atoms with E-state index in [0.717, 1.165) is 42.1 Å². The van der Waals surface area contributed by atoms with Crippen molar-refractivity contribution in [3.05, 3.63) is 16.2 Å². The van der Waals surface area contributed by atoms with Gasteiger partial charge < -0.3 is 10.1 Å². The number of rotatable bonds is 2. The minimum atomic E-state index is 0.295. The average Bonchev–Trinajstić information content (AvgIpc) is 2.71. The molecule has 0 amide bonds. The Hall–Kier alpha value is -0.910. The summed E-state index contributed by atoms with van der Waals surface area (Å²) in [4.78, 5) is 10.7. The molecule has 0 aromatic carbocycles. The maximum Gasteiger partial charge on any atom is 0.225 e. The molecule has 0 bridgehead atoms. The van der Waals surface area contributed by atoms with Gasteiger partial charge in [-0.15, -0.1) is 11.3 Å². The first-order chi connectivity index (χ1) is 8.72. The summed E-state index contributed by atoms with van der Waals surface area (Å²) in [7, 11) is 0. The second kappa shape index (κ2) is 4.99. The fraction of sp³-hybridized carbons (Fsp3) is 0.500. The Labute approximate surface area is 114 Å². The monoisotopic (exact) mass is 283 g/mol. The fourth-order valence-electron chi connectivity index (χ4n) is 2.17. The maximum absolute atomic E-state index is 5.96. The molecule has 6 heteroatoms. The second-order valence-corrected chi connectivity index (χ2v) is 6.05. The van der Waals surface area contributed by atoms with Crippen molar-refractivity contribution in [1.82, 2.24) is 9.97 Å². The first-order valence-corrected chi connectivity index (χ1v) is 7.20. The first-order valence-electron chi connectivity index (χ1n) is 6.00. The number of nitrogens with zero attached hydrogens (tertiary/aromatic N) is 2. The lowest BCUT2D eigenvalue weighted by molar-refractivity contribution is 0.0875. The third kappa shape index (κ3) is 2.43. The fourth-order valence-corrected chi connectivity index (χ4v) is 3.27. The van der Waals surface area contributed by atoms with E-state index in [-0.39, 0.29) is 0 Å². The molecule has 1 N–H and O–H groups in total. The van der Waals surface area contributed by atoms with Gasteiger partial charge >= 0.3 is 0 Å². The van der Waals surface area contributed by atoms with E-state index in [1.54, 1.807) is 11.3 Å². The molecule has 0 radical (unpaired) electrons. The van der Waals surface area contributed by atoms with Gasteiger partial charge in [0.2, 0.25) is 5.28 Å². The lowest BCUT2D eigenvalue weighted by Gasteiger charge is -2.23. The van der Waals surface area contributed by atoms with Crippen molar-refractivity contribution >= 4 is 39.0 Å². The minimum Gasteiger partial charge on any atom is -0.379 e. The number of aromatic nitrogens is 2. The maximum atomic E-state index is 5.96. The molecule has 2 aromatic heterocycles. The highest BCUT2D eigenvalue weighted by Gasteiger charge is 2.17. The highest BCUT2D eigenvalue weighted by atomic mass is 35.5. The number of nitrogens with one attached hydrogen (secondary N) is 1. The Morgan fingerprint density at radius 1 is 1.50 bits per heavy atom. The van der Waals surface area contributed by atoms with Crippen molar-refractivity contribution in [3.8, 4) is 0 Å². The van der Waals surface area contributed by atoms with Gasteiger partial charge in [-0.2, -0.15) is 0 Å². The number of thiophene rings is 1. The third-order valence-corrected chi connectivity index (χ3v) is 4.10. The van der Waals surface area contributed by atoms with E-state index in [0.29, 0.717) is 11.3 Å². The van der Waals surface area contributed by atoms with Crippen LogP contribution >= 0.6 is 22.9 Å². The Balaban J connectivity index is 1.94. The zero-order valence-electron chi connectivity index (χ0n) is 10.1. The lowest BCUT2D eigenvalue weighted by atomic mass is 10.1. The van der Waals surface area contributed by atoms with Crippen LogP contribution in [0.4, 0.5) is 5.82 Å². The Kier molecular flexibility index (Phi) is 3.37. The molecule has 2 aromatic rings. The molecule has 0 aliphatic carbocycles. The second-order valence-electron chi connectivity index (χ2n) is 4.48. The van der Waals surface area contributed by atoms with Crippen LogP contribution in [-0.4, -0.2) is 29.2 Å². The normalized spacial score (nSPS) is 20.2.